The normalized spacial score (nSPS) is 18.1. The molecule has 8 heteroatoms. The molecule has 3 heterocycles. The van der Waals surface area contributed by atoms with E-state index in [4.69, 9.17) is 9.47 Å². The van der Waals surface area contributed by atoms with Gasteiger partial charge in [0.2, 0.25) is 6.79 Å². The smallest absolute Gasteiger partial charge is 0.295 e. The highest BCUT2D eigenvalue weighted by molar-refractivity contribution is 6.46. The van der Waals surface area contributed by atoms with Gasteiger partial charge in [-0.25, -0.2) is 0 Å². The van der Waals surface area contributed by atoms with Crippen LogP contribution in [0.2, 0.25) is 0 Å². The molecule has 1 unspecified atom stereocenters. The first-order valence-corrected chi connectivity index (χ1v) is 11.9. The molecular weight excluding hydrogens is 470 g/mol. The van der Waals surface area contributed by atoms with Gasteiger partial charge in [0.25, 0.3) is 11.7 Å². The summed E-state index contributed by atoms with van der Waals surface area (Å²) >= 11 is 0. The molecule has 8 nitrogen and oxygen atoms in total. The van der Waals surface area contributed by atoms with Gasteiger partial charge in [0, 0.05) is 49.0 Å². The van der Waals surface area contributed by atoms with E-state index in [9.17, 15) is 14.7 Å². The Hall–Kier alpha value is -4.72. The van der Waals surface area contributed by atoms with Crippen LogP contribution in [0.25, 0.3) is 16.7 Å². The molecule has 0 radical (unpaired) electrons. The van der Waals surface area contributed by atoms with E-state index in [0.717, 1.165) is 27.7 Å². The number of nitrogens with one attached hydrogen (secondary N) is 1. The second kappa shape index (κ2) is 8.74. The number of hydrogen-bond donors (Lipinski definition) is 2. The molecule has 186 valence electrons. The third-order valence-corrected chi connectivity index (χ3v) is 6.90. The summed E-state index contributed by atoms with van der Waals surface area (Å²) in [7, 11) is 3.88. The van der Waals surface area contributed by atoms with Crippen LogP contribution in [0.5, 0.6) is 11.5 Å². The van der Waals surface area contributed by atoms with Gasteiger partial charge in [-0.2, -0.15) is 0 Å². The quantitative estimate of drug-likeness (QED) is 0.239. The topological polar surface area (TPSA) is 95.1 Å². The number of fused-ring (bicyclic) bond motifs is 2. The van der Waals surface area contributed by atoms with Gasteiger partial charge in [0.15, 0.2) is 11.5 Å². The van der Waals surface area contributed by atoms with Crippen LogP contribution in [-0.4, -0.2) is 47.6 Å². The van der Waals surface area contributed by atoms with E-state index in [1.807, 2.05) is 79.7 Å². The zero-order valence-electron chi connectivity index (χ0n) is 20.4. The number of amides is 1. The number of aliphatic hydroxyl groups excluding tert-OH is 1. The van der Waals surface area contributed by atoms with Crippen molar-refractivity contribution in [2.75, 3.05) is 25.8 Å². The fourth-order valence-electron chi connectivity index (χ4n) is 4.99. The highest BCUT2D eigenvalue weighted by Crippen LogP contribution is 2.42. The lowest BCUT2D eigenvalue weighted by atomic mass is 9.94. The fourth-order valence-corrected chi connectivity index (χ4v) is 4.99. The maximum Gasteiger partial charge on any atom is 0.295 e. The van der Waals surface area contributed by atoms with E-state index in [1.165, 1.54) is 4.90 Å². The standard InChI is InChI=1S/C29H25N3O5/c1-31(2)19-10-8-18(9-11-19)26-25(27(33)21-14-30-22-6-4-3-5-20(21)22)28(34)29(35)32(26)15-17-7-12-23-24(13-17)37-16-36-23/h3-14,26,30,33H,15-16H2,1-2H3/b27-25-. The Labute approximate surface area is 213 Å². The summed E-state index contributed by atoms with van der Waals surface area (Å²) in [6.07, 6.45) is 1.66. The minimum Gasteiger partial charge on any atom is -0.507 e. The van der Waals surface area contributed by atoms with Crippen LogP contribution >= 0.6 is 0 Å². The molecule has 1 fully saturated rings. The molecule has 0 spiro atoms. The number of carbonyl (C=O) groups excluding carboxylic acids is 2. The first-order valence-electron chi connectivity index (χ1n) is 11.9. The number of H-pyrrole nitrogens is 1. The van der Waals surface area contributed by atoms with Crippen LogP contribution in [0.15, 0.2) is 78.5 Å². The van der Waals surface area contributed by atoms with E-state index in [0.29, 0.717) is 17.1 Å². The number of likely N-dealkylation sites (tertiary alicyclic amines) is 1. The number of anilines is 1. The zero-order valence-corrected chi connectivity index (χ0v) is 20.4. The van der Waals surface area contributed by atoms with Gasteiger partial charge in [-0.1, -0.05) is 36.4 Å². The summed E-state index contributed by atoms with van der Waals surface area (Å²) in [6, 6.07) is 19.8. The van der Waals surface area contributed by atoms with Crippen molar-refractivity contribution < 1.29 is 24.2 Å². The first-order chi connectivity index (χ1) is 17.9. The Balaban J connectivity index is 1.48. The van der Waals surface area contributed by atoms with Crippen molar-refractivity contribution in [3.8, 4) is 11.5 Å². The van der Waals surface area contributed by atoms with Crippen molar-refractivity contribution in [1.82, 2.24) is 9.88 Å². The molecule has 6 rings (SSSR count). The van der Waals surface area contributed by atoms with Crippen LogP contribution in [0, 0.1) is 0 Å². The van der Waals surface area contributed by atoms with Crippen LogP contribution in [0.1, 0.15) is 22.7 Å². The molecular formula is C29H25N3O5. The predicted octanol–water partition coefficient (Wildman–Crippen LogP) is 4.58. The van der Waals surface area contributed by atoms with Gasteiger partial charge in [-0.05, 0) is 41.5 Å². The Bertz CT molecular complexity index is 1570. The van der Waals surface area contributed by atoms with Crippen molar-refractivity contribution in [2.45, 2.75) is 12.6 Å². The van der Waals surface area contributed by atoms with Gasteiger partial charge in [-0.3, -0.25) is 9.59 Å². The van der Waals surface area contributed by atoms with E-state index in [-0.39, 0.29) is 24.7 Å². The lowest BCUT2D eigenvalue weighted by Gasteiger charge is -2.26. The molecule has 2 aliphatic heterocycles. The fraction of sp³-hybridized carbons (Fsp3) is 0.172. The average Bonchev–Trinajstić information content (AvgIpc) is 3.61. The van der Waals surface area contributed by atoms with E-state index < -0.39 is 17.7 Å². The SMILES string of the molecule is CN(C)c1ccc(C2/C(=C(/O)c3c[nH]c4ccccc34)C(=O)C(=O)N2Cc2ccc3c(c2)OCO3)cc1. The van der Waals surface area contributed by atoms with Gasteiger partial charge in [0.05, 0.1) is 11.6 Å². The summed E-state index contributed by atoms with van der Waals surface area (Å²) < 4.78 is 10.9. The highest BCUT2D eigenvalue weighted by Gasteiger charge is 2.46. The van der Waals surface area contributed by atoms with E-state index in [2.05, 4.69) is 4.98 Å². The predicted molar refractivity (Wildman–Crippen MR) is 139 cm³/mol. The molecule has 37 heavy (non-hydrogen) atoms. The first kappa shape index (κ1) is 22.7. The number of benzene rings is 3. The number of ether oxygens (including phenoxy) is 2. The number of rotatable bonds is 5. The summed E-state index contributed by atoms with van der Waals surface area (Å²) in [5.74, 6) is -0.350. The summed E-state index contributed by atoms with van der Waals surface area (Å²) in [5.41, 5.74) is 3.86. The highest BCUT2D eigenvalue weighted by atomic mass is 16.7. The molecule has 1 atom stereocenters. The Kier molecular flexibility index (Phi) is 5.37. The second-order valence-corrected chi connectivity index (χ2v) is 9.35. The number of Topliss-reactive ketones (excluding diaryl/α,β-unsaturated/α-hetero) is 1. The molecule has 0 bridgehead atoms. The molecule has 1 amide bonds. The largest absolute Gasteiger partial charge is 0.507 e. The third-order valence-electron chi connectivity index (χ3n) is 6.90. The number of hydrogen-bond acceptors (Lipinski definition) is 6. The number of carbonyl (C=O) groups is 2. The molecule has 4 aromatic rings. The minimum absolute atomic E-state index is 0.0631. The third kappa shape index (κ3) is 3.78. The molecule has 3 aromatic carbocycles. The minimum atomic E-state index is -0.768. The Morgan fingerprint density at radius 3 is 2.57 bits per heavy atom. The average molecular weight is 496 g/mol. The van der Waals surface area contributed by atoms with Crippen molar-refractivity contribution in [1.29, 1.82) is 0 Å². The van der Waals surface area contributed by atoms with Crippen molar-refractivity contribution in [2.24, 2.45) is 0 Å². The van der Waals surface area contributed by atoms with Crippen LogP contribution in [0.3, 0.4) is 0 Å². The monoisotopic (exact) mass is 495 g/mol. The van der Waals surface area contributed by atoms with Crippen LogP contribution in [-0.2, 0) is 16.1 Å². The maximum atomic E-state index is 13.5. The molecule has 0 saturated carbocycles. The lowest BCUT2D eigenvalue weighted by molar-refractivity contribution is -0.140. The van der Waals surface area contributed by atoms with Crippen molar-refractivity contribution in [3.63, 3.8) is 0 Å². The number of aromatic amines is 1. The number of aromatic nitrogens is 1. The summed E-state index contributed by atoms with van der Waals surface area (Å²) in [6.45, 7) is 0.304. The molecule has 2 aliphatic rings. The lowest BCUT2D eigenvalue weighted by Crippen LogP contribution is -2.29. The van der Waals surface area contributed by atoms with Crippen LogP contribution < -0.4 is 14.4 Å². The number of para-hydroxylation sites is 1. The summed E-state index contributed by atoms with van der Waals surface area (Å²) in [4.78, 5) is 33.5. The Morgan fingerprint density at radius 2 is 1.78 bits per heavy atom. The van der Waals surface area contributed by atoms with Crippen molar-refractivity contribution >= 4 is 34.0 Å². The second-order valence-electron chi connectivity index (χ2n) is 9.35. The molecule has 1 aromatic heterocycles. The molecule has 2 N–H and O–H groups in total. The van der Waals surface area contributed by atoms with Gasteiger partial charge in [0.1, 0.15) is 5.76 Å². The maximum absolute atomic E-state index is 13.5. The van der Waals surface area contributed by atoms with Crippen molar-refractivity contribution in [3.05, 3.63) is 95.2 Å². The van der Waals surface area contributed by atoms with E-state index >= 15 is 0 Å². The summed E-state index contributed by atoms with van der Waals surface area (Å²) in [5, 5.41) is 12.3. The van der Waals surface area contributed by atoms with Gasteiger partial charge < -0.3 is 29.4 Å². The molecule has 1 saturated heterocycles. The number of aliphatic hydroxyl groups is 1. The van der Waals surface area contributed by atoms with Crippen LogP contribution in [0.4, 0.5) is 5.69 Å². The Morgan fingerprint density at radius 1 is 1.03 bits per heavy atom. The number of nitrogens with zero attached hydrogens (tertiary/aromatic N) is 2. The zero-order chi connectivity index (χ0) is 25.7. The van der Waals surface area contributed by atoms with Gasteiger partial charge in [-0.15, -0.1) is 0 Å². The van der Waals surface area contributed by atoms with E-state index in [1.54, 1.807) is 12.3 Å². The van der Waals surface area contributed by atoms with Gasteiger partial charge >= 0.3 is 0 Å². The molecule has 0 aliphatic carbocycles. The number of ketones is 1.